The van der Waals surface area contributed by atoms with Crippen molar-refractivity contribution in [1.29, 1.82) is 0 Å². The molecule has 0 aliphatic rings. The van der Waals surface area contributed by atoms with Gasteiger partial charge in [0.2, 0.25) is 0 Å². The molecule has 0 unspecified atom stereocenters. The summed E-state index contributed by atoms with van der Waals surface area (Å²) in [4.78, 5) is 12.2. The Balaban J connectivity index is 2.47. The van der Waals surface area contributed by atoms with Crippen LogP contribution in [-0.2, 0) is 0 Å². The van der Waals surface area contributed by atoms with E-state index < -0.39 is 17.4 Å². The van der Waals surface area contributed by atoms with Crippen LogP contribution in [0.2, 0.25) is 0 Å². The average Bonchev–Trinajstić information content (AvgIpc) is 2.41. The second-order valence-electron chi connectivity index (χ2n) is 4.16. The number of halogens is 2. The summed E-state index contributed by atoms with van der Waals surface area (Å²) < 4.78 is 31.7. The number of aryl methyl sites for hydroxylation is 1. The van der Waals surface area contributed by atoms with Crippen molar-refractivity contribution in [2.45, 2.75) is 6.92 Å². The Bertz CT molecular complexity index is 636. The van der Waals surface area contributed by atoms with Crippen molar-refractivity contribution in [3.63, 3.8) is 0 Å². The fraction of sp³-hybridized carbons (Fsp3) is 0.133. The summed E-state index contributed by atoms with van der Waals surface area (Å²) in [6.45, 7) is 1.77. The first kappa shape index (κ1) is 13.2. The van der Waals surface area contributed by atoms with E-state index in [1.165, 1.54) is 31.4 Å². The molecule has 2 nitrogen and oxygen atoms in total. The van der Waals surface area contributed by atoms with E-state index in [-0.39, 0.29) is 16.9 Å². The Labute approximate surface area is 109 Å². The fourth-order valence-corrected chi connectivity index (χ4v) is 1.77. The lowest BCUT2D eigenvalue weighted by molar-refractivity contribution is 0.103. The molecule has 0 aromatic heterocycles. The minimum Gasteiger partial charge on any atom is -0.494 e. The molecule has 98 valence electrons. The van der Waals surface area contributed by atoms with Crippen molar-refractivity contribution < 1.29 is 18.3 Å². The number of benzene rings is 2. The van der Waals surface area contributed by atoms with Crippen LogP contribution in [0.1, 0.15) is 21.5 Å². The minimum atomic E-state index is -0.598. The number of hydrogen-bond donors (Lipinski definition) is 0. The van der Waals surface area contributed by atoms with Crippen molar-refractivity contribution in [1.82, 2.24) is 0 Å². The van der Waals surface area contributed by atoms with E-state index in [4.69, 9.17) is 4.74 Å². The van der Waals surface area contributed by atoms with Crippen LogP contribution in [0, 0.1) is 18.6 Å². The fourth-order valence-electron chi connectivity index (χ4n) is 1.77. The molecule has 0 N–H and O–H groups in total. The molecule has 0 heterocycles. The summed E-state index contributed by atoms with van der Waals surface area (Å²) in [5.41, 5.74) is 0.926. The maximum absolute atomic E-state index is 13.6. The van der Waals surface area contributed by atoms with Gasteiger partial charge in [-0.3, -0.25) is 4.79 Å². The molecule has 0 atom stereocenters. The van der Waals surface area contributed by atoms with Gasteiger partial charge in [0.25, 0.3) is 0 Å². The van der Waals surface area contributed by atoms with Gasteiger partial charge in [0.05, 0.1) is 12.7 Å². The first-order valence-electron chi connectivity index (χ1n) is 5.67. The standard InChI is InChI=1S/C15H12F2O2/c1-9-3-5-12(16)11(7-9)15(18)10-4-6-13(17)14(8-10)19-2/h3-8H,1-2H3. The molecule has 0 amide bonds. The normalized spacial score (nSPS) is 10.3. The Hall–Kier alpha value is -2.23. The van der Waals surface area contributed by atoms with Crippen molar-refractivity contribution in [2.75, 3.05) is 7.11 Å². The third kappa shape index (κ3) is 2.62. The van der Waals surface area contributed by atoms with E-state index in [9.17, 15) is 13.6 Å². The molecule has 19 heavy (non-hydrogen) atoms. The predicted molar refractivity (Wildman–Crippen MR) is 67.5 cm³/mol. The van der Waals surface area contributed by atoms with Gasteiger partial charge in [0, 0.05) is 5.56 Å². The van der Waals surface area contributed by atoms with E-state index >= 15 is 0 Å². The highest BCUT2D eigenvalue weighted by atomic mass is 19.1. The Morgan fingerprint density at radius 2 is 1.74 bits per heavy atom. The van der Waals surface area contributed by atoms with E-state index in [0.717, 1.165) is 11.6 Å². The van der Waals surface area contributed by atoms with Crippen molar-refractivity contribution in [3.8, 4) is 5.75 Å². The second kappa shape index (κ2) is 5.18. The molecule has 0 bridgehead atoms. The molecule has 0 saturated carbocycles. The van der Waals surface area contributed by atoms with Crippen LogP contribution < -0.4 is 4.74 Å². The number of ketones is 1. The molecule has 0 saturated heterocycles. The van der Waals surface area contributed by atoms with Crippen molar-refractivity contribution >= 4 is 5.78 Å². The van der Waals surface area contributed by atoms with Gasteiger partial charge in [-0.2, -0.15) is 0 Å². The molecule has 2 rings (SSSR count). The molecule has 4 heteroatoms. The number of carbonyl (C=O) groups is 1. The van der Waals surface area contributed by atoms with E-state index in [1.54, 1.807) is 13.0 Å². The van der Waals surface area contributed by atoms with Gasteiger partial charge in [0.15, 0.2) is 17.3 Å². The third-order valence-corrected chi connectivity index (χ3v) is 2.78. The SMILES string of the molecule is COc1cc(C(=O)c2cc(C)ccc2F)ccc1F. The molecular weight excluding hydrogens is 250 g/mol. The summed E-state index contributed by atoms with van der Waals surface area (Å²) in [7, 11) is 1.31. The minimum absolute atomic E-state index is 0.0336. The predicted octanol–water partition coefficient (Wildman–Crippen LogP) is 3.51. The molecule has 0 aliphatic heterocycles. The molecule has 2 aromatic carbocycles. The zero-order valence-electron chi connectivity index (χ0n) is 10.5. The maximum atomic E-state index is 13.6. The maximum Gasteiger partial charge on any atom is 0.196 e. The zero-order chi connectivity index (χ0) is 14.0. The molecule has 0 spiro atoms. The van der Waals surface area contributed by atoms with Gasteiger partial charge >= 0.3 is 0 Å². The monoisotopic (exact) mass is 262 g/mol. The van der Waals surface area contributed by atoms with E-state index in [1.807, 2.05) is 0 Å². The average molecular weight is 262 g/mol. The van der Waals surface area contributed by atoms with Crippen molar-refractivity contribution in [3.05, 3.63) is 64.7 Å². The lowest BCUT2D eigenvalue weighted by Gasteiger charge is -2.07. The quantitative estimate of drug-likeness (QED) is 0.791. The van der Waals surface area contributed by atoms with Crippen molar-refractivity contribution in [2.24, 2.45) is 0 Å². The largest absolute Gasteiger partial charge is 0.494 e. The topological polar surface area (TPSA) is 26.3 Å². The summed E-state index contributed by atoms with van der Waals surface area (Å²) in [6, 6.07) is 7.98. The summed E-state index contributed by atoms with van der Waals surface area (Å²) in [6.07, 6.45) is 0. The molecule has 0 fully saturated rings. The lowest BCUT2D eigenvalue weighted by atomic mass is 10.0. The van der Waals surface area contributed by atoms with Crippen LogP contribution in [0.4, 0.5) is 8.78 Å². The van der Waals surface area contributed by atoms with Gasteiger partial charge in [-0.05, 0) is 37.3 Å². The number of carbonyl (C=O) groups excluding carboxylic acids is 1. The van der Waals surface area contributed by atoms with Gasteiger partial charge in [0.1, 0.15) is 5.82 Å². The summed E-state index contributed by atoms with van der Waals surface area (Å²) in [5, 5.41) is 0. The number of methoxy groups -OCH3 is 1. The van der Waals surface area contributed by atoms with Gasteiger partial charge in [-0.15, -0.1) is 0 Å². The van der Waals surface area contributed by atoms with Crippen LogP contribution in [0.15, 0.2) is 36.4 Å². The van der Waals surface area contributed by atoms with Gasteiger partial charge < -0.3 is 4.74 Å². The molecule has 0 radical (unpaired) electrons. The highest BCUT2D eigenvalue weighted by Crippen LogP contribution is 2.21. The third-order valence-electron chi connectivity index (χ3n) is 2.78. The molecular formula is C15H12F2O2. The number of rotatable bonds is 3. The van der Waals surface area contributed by atoms with Gasteiger partial charge in [-0.25, -0.2) is 8.78 Å². The van der Waals surface area contributed by atoms with Gasteiger partial charge in [-0.1, -0.05) is 11.6 Å². The smallest absolute Gasteiger partial charge is 0.196 e. The number of ether oxygens (including phenoxy) is 1. The Morgan fingerprint density at radius 1 is 1.05 bits per heavy atom. The molecule has 0 aliphatic carbocycles. The number of hydrogen-bond acceptors (Lipinski definition) is 2. The second-order valence-corrected chi connectivity index (χ2v) is 4.16. The lowest BCUT2D eigenvalue weighted by Crippen LogP contribution is -2.05. The zero-order valence-corrected chi connectivity index (χ0v) is 10.5. The molecule has 2 aromatic rings. The van der Waals surface area contributed by atoms with Crippen LogP contribution in [0.3, 0.4) is 0 Å². The van der Waals surface area contributed by atoms with E-state index in [0.29, 0.717) is 0 Å². The summed E-state index contributed by atoms with van der Waals surface area (Å²) >= 11 is 0. The Kier molecular flexibility index (Phi) is 3.60. The van der Waals surface area contributed by atoms with Crippen LogP contribution in [0.5, 0.6) is 5.75 Å². The highest BCUT2D eigenvalue weighted by molar-refractivity contribution is 6.09. The van der Waals surface area contributed by atoms with Crippen LogP contribution in [0.25, 0.3) is 0 Å². The summed E-state index contributed by atoms with van der Waals surface area (Å²) in [5.74, 6) is -1.71. The highest BCUT2D eigenvalue weighted by Gasteiger charge is 2.16. The van der Waals surface area contributed by atoms with Crippen LogP contribution in [-0.4, -0.2) is 12.9 Å². The first-order chi connectivity index (χ1) is 9.02. The van der Waals surface area contributed by atoms with Crippen LogP contribution >= 0.6 is 0 Å². The van der Waals surface area contributed by atoms with E-state index in [2.05, 4.69) is 0 Å². The first-order valence-corrected chi connectivity index (χ1v) is 5.67. The Morgan fingerprint density at radius 3 is 2.42 bits per heavy atom.